The van der Waals surface area contributed by atoms with Crippen LogP contribution in [-0.4, -0.2) is 15.0 Å². The number of aromatic nitrogens is 3. The largest absolute Gasteiger partial charge is 0.350 e. The zero-order chi connectivity index (χ0) is 12.4. The van der Waals surface area contributed by atoms with Gasteiger partial charge in [-0.1, -0.05) is 41.7 Å². The number of benzene rings is 1. The van der Waals surface area contributed by atoms with Gasteiger partial charge in [0.1, 0.15) is 10.3 Å². The summed E-state index contributed by atoms with van der Waals surface area (Å²) in [5.74, 6) is 0.648. The van der Waals surface area contributed by atoms with Crippen LogP contribution in [0.5, 0.6) is 0 Å². The van der Waals surface area contributed by atoms with Crippen molar-refractivity contribution in [2.75, 3.05) is 5.32 Å². The molecule has 0 aliphatic carbocycles. The van der Waals surface area contributed by atoms with Gasteiger partial charge in [0.05, 0.1) is 11.2 Å². The minimum Gasteiger partial charge on any atom is -0.350 e. The second kappa shape index (κ2) is 4.70. The molecule has 0 radical (unpaired) electrons. The number of nitrogens with one attached hydrogen (secondary N) is 1. The fourth-order valence-electron chi connectivity index (χ4n) is 1.71. The van der Waals surface area contributed by atoms with Crippen LogP contribution in [0.25, 0.3) is 10.3 Å². The van der Waals surface area contributed by atoms with Crippen LogP contribution in [0, 0.1) is 6.92 Å². The number of aryl methyl sites for hydroxylation is 1. The van der Waals surface area contributed by atoms with E-state index in [1.165, 1.54) is 5.56 Å². The number of thiazole rings is 1. The van der Waals surface area contributed by atoms with Crippen LogP contribution in [-0.2, 0) is 6.54 Å². The van der Waals surface area contributed by atoms with Crippen molar-refractivity contribution in [1.82, 2.24) is 15.0 Å². The normalized spacial score (nSPS) is 10.7. The molecule has 0 atom stereocenters. The smallest absolute Gasteiger partial charge is 0.224 e. The van der Waals surface area contributed by atoms with Crippen molar-refractivity contribution >= 4 is 27.6 Å². The van der Waals surface area contributed by atoms with Crippen LogP contribution < -0.4 is 5.32 Å². The van der Waals surface area contributed by atoms with Crippen LogP contribution >= 0.6 is 11.3 Å². The molecule has 0 amide bonds. The highest BCUT2D eigenvalue weighted by Crippen LogP contribution is 2.19. The molecule has 5 heteroatoms. The number of anilines is 1. The fraction of sp³-hybridized carbons (Fsp3) is 0.154. The lowest BCUT2D eigenvalue weighted by atomic mass is 10.2. The van der Waals surface area contributed by atoms with Crippen molar-refractivity contribution < 1.29 is 0 Å². The monoisotopic (exact) mass is 256 g/mol. The molecule has 0 fully saturated rings. The topological polar surface area (TPSA) is 50.7 Å². The SMILES string of the molecule is Cc1nc2cnc(NCc3ccccc3)nc2s1. The van der Waals surface area contributed by atoms with Crippen molar-refractivity contribution in [2.24, 2.45) is 0 Å². The van der Waals surface area contributed by atoms with Gasteiger partial charge in [-0.25, -0.2) is 15.0 Å². The summed E-state index contributed by atoms with van der Waals surface area (Å²) in [6, 6.07) is 10.2. The molecule has 2 aromatic heterocycles. The summed E-state index contributed by atoms with van der Waals surface area (Å²) >= 11 is 1.59. The number of rotatable bonds is 3. The lowest BCUT2D eigenvalue weighted by Crippen LogP contribution is -2.02. The molecule has 18 heavy (non-hydrogen) atoms. The Morgan fingerprint density at radius 2 is 2.00 bits per heavy atom. The molecule has 0 unspecified atom stereocenters. The summed E-state index contributed by atoms with van der Waals surface area (Å²) < 4.78 is 0. The predicted octanol–water partition coefficient (Wildman–Crippen LogP) is 3.01. The Labute approximate surface area is 109 Å². The van der Waals surface area contributed by atoms with Crippen LogP contribution in [0.2, 0.25) is 0 Å². The second-order valence-electron chi connectivity index (χ2n) is 3.96. The Morgan fingerprint density at radius 1 is 1.17 bits per heavy atom. The first-order chi connectivity index (χ1) is 8.81. The molecule has 1 N–H and O–H groups in total. The van der Waals surface area contributed by atoms with Gasteiger partial charge < -0.3 is 5.32 Å². The second-order valence-corrected chi connectivity index (χ2v) is 5.14. The van der Waals surface area contributed by atoms with Gasteiger partial charge in [-0.05, 0) is 12.5 Å². The summed E-state index contributed by atoms with van der Waals surface area (Å²) in [7, 11) is 0. The lowest BCUT2D eigenvalue weighted by Gasteiger charge is -2.03. The highest BCUT2D eigenvalue weighted by Gasteiger charge is 2.04. The van der Waals surface area contributed by atoms with E-state index in [1.807, 2.05) is 25.1 Å². The van der Waals surface area contributed by atoms with Crippen LogP contribution in [0.1, 0.15) is 10.6 Å². The highest BCUT2D eigenvalue weighted by molar-refractivity contribution is 7.18. The van der Waals surface area contributed by atoms with Crippen LogP contribution in [0.15, 0.2) is 36.5 Å². The van der Waals surface area contributed by atoms with E-state index in [-0.39, 0.29) is 0 Å². The molecule has 0 aliphatic heterocycles. The molecule has 4 nitrogen and oxygen atoms in total. The van der Waals surface area contributed by atoms with E-state index in [4.69, 9.17) is 0 Å². The fourth-order valence-corrected chi connectivity index (χ4v) is 2.46. The molecule has 0 saturated heterocycles. The first-order valence-corrected chi connectivity index (χ1v) is 6.51. The average molecular weight is 256 g/mol. The van der Waals surface area contributed by atoms with Crippen molar-refractivity contribution in [2.45, 2.75) is 13.5 Å². The molecule has 0 aliphatic rings. The molecule has 90 valence electrons. The van der Waals surface area contributed by atoms with Crippen molar-refractivity contribution in [3.8, 4) is 0 Å². The minimum absolute atomic E-state index is 0.648. The molecule has 2 heterocycles. The summed E-state index contributed by atoms with van der Waals surface area (Å²) in [5, 5.41) is 4.23. The van der Waals surface area contributed by atoms with Crippen LogP contribution in [0.4, 0.5) is 5.95 Å². The van der Waals surface area contributed by atoms with Crippen molar-refractivity contribution in [3.05, 3.63) is 47.1 Å². The maximum Gasteiger partial charge on any atom is 0.224 e. The average Bonchev–Trinajstić information content (AvgIpc) is 2.77. The molecule has 0 saturated carbocycles. The Balaban J connectivity index is 1.78. The molecule has 3 aromatic rings. The third kappa shape index (κ3) is 2.31. The van der Waals surface area contributed by atoms with E-state index in [1.54, 1.807) is 17.5 Å². The molecule has 0 spiro atoms. The Kier molecular flexibility index (Phi) is 2.90. The van der Waals surface area contributed by atoms with E-state index < -0.39 is 0 Å². The van der Waals surface area contributed by atoms with E-state index in [0.29, 0.717) is 5.95 Å². The lowest BCUT2D eigenvalue weighted by molar-refractivity contribution is 1.07. The zero-order valence-corrected chi connectivity index (χ0v) is 10.7. The number of hydrogen-bond donors (Lipinski definition) is 1. The summed E-state index contributed by atoms with van der Waals surface area (Å²) in [5.41, 5.74) is 2.07. The van der Waals surface area contributed by atoms with E-state index in [2.05, 4.69) is 32.4 Å². The molecule has 3 rings (SSSR count). The standard InChI is InChI=1S/C13H12N4S/c1-9-16-11-8-15-13(17-12(11)18-9)14-7-10-5-3-2-4-6-10/h2-6,8H,7H2,1H3,(H,14,15,17). The molecular formula is C13H12N4S. The van der Waals surface area contributed by atoms with Gasteiger partial charge in [0, 0.05) is 6.54 Å². The predicted molar refractivity (Wildman–Crippen MR) is 73.7 cm³/mol. The number of fused-ring (bicyclic) bond motifs is 1. The maximum atomic E-state index is 4.44. The third-order valence-electron chi connectivity index (χ3n) is 2.55. The summed E-state index contributed by atoms with van der Waals surface area (Å²) in [6.45, 7) is 2.70. The number of hydrogen-bond acceptors (Lipinski definition) is 5. The molecule has 1 aromatic carbocycles. The quantitative estimate of drug-likeness (QED) is 0.782. The van der Waals surface area contributed by atoms with Gasteiger partial charge in [0.2, 0.25) is 5.95 Å². The molecule has 0 bridgehead atoms. The third-order valence-corrected chi connectivity index (χ3v) is 3.43. The Hall–Kier alpha value is -2.01. The van der Waals surface area contributed by atoms with Crippen molar-refractivity contribution in [3.63, 3.8) is 0 Å². The van der Waals surface area contributed by atoms with Gasteiger partial charge in [-0.3, -0.25) is 0 Å². The summed E-state index contributed by atoms with van der Waals surface area (Å²) in [6.07, 6.45) is 1.76. The number of nitrogens with zero attached hydrogens (tertiary/aromatic N) is 3. The first kappa shape index (κ1) is 11.1. The van der Waals surface area contributed by atoms with Gasteiger partial charge in [0.15, 0.2) is 0 Å². The van der Waals surface area contributed by atoms with E-state index >= 15 is 0 Å². The van der Waals surface area contributed by atoms with Gasteiger partial charge >= 0.3 is 0 Å². The molecular weight excluding hydrogens is 244 g/mol. The van der Waals surface area contributed by atoms with Gasteiger partial charge in [-0.2, -0.15) is 0 Å². The first-order valence-electron chi connectivity index (χ1n) is 5.69. The van der Waals surface area contributed by atoms with Crippen LogP contribution in [0.3, 0.4) is 0 Å². The van der Waals surface area contributed by atoms with Gasteiger partial charge in [-0.15, -0.1) is 0 Å². The Bertz CT molecular complexity index is 663. The summed E-state index contributed by atoms with van der Waals surface area (Å²) in [4.78, 5) is 14.0. The van der Waals surface area contributed by atoms with E-state index in [0.717, 1.165) is 21.9 Å². The van der Waals surface area contributed by atoms with Crippen molar-refractivity contribution in [1.29, 1.82) is 0 Å². The van der Waals surface area contributed by atoms with Gasteiger partial charge in [0.25, 0.3) is 0 Å². The maximum absolute atomic E-state index is 4.44. The zero-order valence-electron chi connectivity index (χ0n) is 9.92. The minimum atomic E-state index is 0.648. The Morgan fingerprint density at radius 3 is 2.83 bits per heavy atom. The highest BCUT2D eigenvalue weighted by atomic mass is 32.1. The van der Waals surface area contributed by atoms with E-state index in [9.17, 15) is 0 Å².